The first kappa shape index (κ1) is 21.3. The average molecular weight is 435 g/mol. The van der Waals surface area contributed by atoms with E-state index in [0.717, 1.165) is 56.0 Å². The molecule has 2 saturated carbocycles. The van der Waals surface area contributed by atoms with Gasteiger partial charge >= 0.3 is 0 Å². The number of likely N-dealkylation sites (tertiary alicyclic amines) is 1. The van der Waals surface area contributed by atoms with E-state index in [-0.39, 0.29) is 17.4 Å². The Hall–Kier alpha value is -2.53. The zero-order chi connectivity index (χ0) is 22.1. The lowest BCUT2D eigenvalue weighted by Crippen LogP contribution is -2.56. The van der Waals surface area contributed by atoms with Gasteiger partial charge in [-0.05, 0) is 93.7 Å². The Kier molecular flexibility index (Phi) is 5.85. The van der Waals surface area contributed by atoms with Crippen LogP contribution in [0.15, 0.2) is 47.1 Å². The van der Waals surface area contributed by atoms with Gasteiger partial charge in [-0.25, -0.2) is 0 Å². The summed E-state index contributed by atoms with van der Waals surface area (Å²) in [6.45, 7) is 5.37. The van der Waals surface area contributed by atoms with Crippen molar-refractivity contribution in [2.24, 2.45) is 11.8 Å². The van der Waals surface area contributed by atoms with Gasteiger partial charge < -0.3 is 19.7 Å². The van der Waals surface area contributed by atoms with E-state index in [1.807, 2.05) is 31.2 Å². The number of nitrogens with zero attached hydrogens (tertiary/aromatic N) is 1. The Morgan fingerprint density at radius 3 is 2.91 bits per heavy atom. The molecule has 3 fully saturated rings. The molecule has 0 unspecified atom stereocenters. The highest BCUT2D eigenvalue weighted by Crippen LogP contribution is 2.50. The van der Waals surface area contributed by atoms with Gasteiger partial charge in [0.05, 0.1) is 6.26 Å². The molecule has 170 valence electrons. The number of nitrogens with one attached hydrogen (secondary N) is 1. The molecule has 5 heteroatoms. The maximum absolute atomic E-state index is 12.7. The number of carbonyl (C=O) groups excluding carboxylic acids is 1. The minimum atomic E-state index is -0.0497. The normalized spacial score (nSPS) is 28.5. The standard InChI is InChI=1S/C27H34N2O3/c1-19-21(11-14-32-19)7-10-26(31)28-24-9-8-23-18-29(17-20-5-6-20)13-12-27(23,16-24)22-3-2-4-25(30)15-22/h2-4,7,10-11,14-15,20,23-24,30H,5-6,8-9,12-13,16-18H2,1H3,(H,28,31)/t23-,24-,27+/m1/s1. The summed E-state index contributed by atoms with van der Waals surface area (Å²) in [7, 11) is 0. The van der Waals surface area contributed by atoms with Gasteiger partial charge in [-0.3, -0.25) is 4.79 Å². The van der Waals surface area contributed by atoms with Crippen molar-refractivity contribution in [3.63, 3.8) is 0 Å². The number of phenolic OH excluding ortho intramolecular Hbond substituents is 1. The second-order valence-electron chi connectivity index (χ2n) is 10.1. The third-order valence-electron chi connectivity index (χ3n) is 7.90. The summed E-state index contributed by atoms with van der Waals surface area (Å²) < 4.78 is 5.31. The largest absolute Gasteiger partial charge is 0.508 e. The molecule has 5 nitrogen and oxygen atoms in total. The van der Waals surface area contributed by atoms with Gasteiger partial charge in [0.2, 0.25) is 5.91 Å². The fraction of sp³-hybridized carbons (Fsp3) is 0.519. The van der Waals surface area contributed by atoms with Crippen molar-refractivity contribution in [3.8, 4) is 5.75 Å². The van der Waals surface area contributed by atoms with Crippen LogP contribution in [-0.2, 0) is 10.2 Å². The second-order valence-corrected chi connectivity index (χ2v) is 10.1. The van der Waals surface area contributed by atoms with E-state index in [1.165, 1.54) is 24.9 Å². The van der Waals surface area contributed by atoms with Gasteiger partial charge in [0.1, 0.15) is 11.5 Å². The first-order chi connectivity index (χ1) is 15.5. The molecule has 2 aromatic rings. The number of amides is 1. The van der Waals surface area contributed by atoms with Crippen molar-refractivity contribution < 1.29 is 14.3 Å². The third kappa shape index (κ3) is 4.49. The number of phenols is 1. The summed E-state index contributed by atoms with van der Waals surface area (Å²) in [6.07, 6.45) is 12.0. The lowest BCUT2D eigenvalue weighted by molar-refractivity contribution is -0.117. The molecular weight excluding hydrogens is 400 g/mol. The summed E-state index contributed by atoms with van der Waals surface area (Å²) in [5.41, 5.74) is 2.18. The Morgan fingerprint density at radius 2 is 2.16 bits per heavy atom. The van der Waals surface area contributed by atoms with Crippen LogP contribution in [-0.4, -0.2) is 41.6 Å². The van der Waals surface area contributed by atoms with E-state index < -0.39 is 0 Å². The summed E-state index contributed by atoms with van der Waals surface area (Å²) in [5, 5.41) is 13.5. The van der Waals surface area contributed by atoms with E-state index in [2.05, 4.69) is 16.3 Å². The Balaban J connectivity index is 1.32. The molecule has 1 aliphatic heterocycles. The van der Waals surface area contributed by atoms with Crippen molar-refractivity contribution in [2.75, 3.05) is 19.6 Å². The van der Waals surface area contributed by atoms with Gasteiger partial charge in [-0.15, -0.1) is 0 Å². The van der Waals surface area contributed by atoms with Crippen LogP contribution in [0.1, 0.15) is 55.4 Å². The molecule has 2 aliphatic carbocycles. The molecule has 1 aromatic carbocycles. The highest BCUT2D eigenvalue weighted by Gasteiger charge is 2.48. The van der Waals surface area contributed by atoms with Crippen molar-refractivity contribution in [1.82, 2.24) is 10.2 Å². The lowest BCUT2D eigenvalue weighted by Gasteiger charge is -2.53. The molecule has 1 aromatic heterocycles. The van der Waals surface area contributed by atoms with Crippen LogP contribution in [0.2, 0.25) is 0 Å². The maximum atomic E-state index is 12.7. The van der Waals surface area contributed by atoms with Crippen LogP contribution >= 0.6 is 0 Å². The molecular formula is C27H34N2O3. The molecule has 2 N–H and O–H groups in total. The fourth-order valence-electron chi connectivity index (χ4n) is 5.97. The molecule has 0 bridgehead atoms. The Labute approximate surface area is 190 Å². The molecule has 2 heterocycles. The van der Waals surface area contributed by atoms with Crippen LogP contribution in [0, 0.1) is 18.8 Å². The molecule has 1 saturated heterocycles. The molecule has 32 heavy (non-hydrogen) atoms. The number of aryl methyl sites for hydroxylation is 1. The summed E-state index contributed by atoms with van der Waals surface area (Å²) in [6, 6.07) is 9.86. The Morgan fingerprint density at radius 1 is 1.28 bits per heavy atom. The third-order valence-corrected chi connectivity index (χ3v) is 7.90. The number of aromatic hydroxyl groups is 1. The minimum Gasteiger partial charge on any atom is -0.508 e. The SMILES string of the molecule is Cc1occc1C=CC(=O)N[C@@H]1CC[C@@H]2CN(CC3CC3)CC[C@@]2(c2cccc(O)c2)C1. The van der Waals surface area contributed by atoms with Gasteiger partial charge in [-0.1, -0.05) is 12.1 Å². The number of hydrogen-bond donors (Lipinski definition) is 2. The van der Waals surface area contributed by atoms with Crippen LogP contribution < -0.4 is 5.32 Å². The number of hydrogen-bond acceptors (Lipinski definition) is 4. The molecule has 0 spiro atoms. The number of benzene rings is 1. The zero-order valence-corrected chi connectivity index (χ0v) is 18.9. The maximum Gasteiger partial charge on any atom is 0.244 e. The van der Waals surface area contributed by atoms with Gasteiger partial charge in [0.15, 0.2) is 0 Å². The molecule has 5 rings (SSSR count). The van der Waals surface area contributed by atoms with Gasteiger partial charge in [0, 0.05) is 36.2 Å². The number of rotatable bonds is 6. The topological polar surface area (TPSA) is 65.7 Å². The second kappa shape index (κ2) is 8.78. The fourth-order valence-corrected chi connectivity index (χ4v) is 5.97. The van der Waals surface area contributed by atoms with Crippen LogP contribution in [0.3, 0.4) is 0 Å². The zero-order valence-electron chi connectivity index (χ0n) is 18.9. The highest BCUT2D eigenvalue weighted by atomic mass is 16.3. The first-order valence-electron chi connectivity index (χ1n) is 12.1. The average Bonchev–Trinajstić information content (AvgIpc) is 3.50. The van der Waals surface area contributed by atoms with Crippen molar-refractivity contribution in [2.45, 2.75) is 56.9 Å². The summed E-state index contributed by atoms with van der Waals surface area (Å²) in [5.74, 6) is 2.57. The number of carbonyl (C=O) groups is 1. The predicted octanol–water partition coefficient (Wildman–Crippen LogP) is 4.65. The van der Waals surface area contributed by atoms with Crippen molar-refractivity contribution in [3.05, 3.63) is 59.6 Å². The molecule has 0 radical (unpaired) electrons. The lowest BCUT2D eigenvalue weighted by atomic mass is 9.58. The highest BCUT2D eigenvalue weighted by molar-refractivity contribution is 5.92. The van der Waals surface area contributed by atoms with Gasteiger partial charge in [-0.2, -0.15) is 0 Å². The van der Waals surface area contributed by atoms with E-state index in [4.69, 9.17) is 4.42 Å². The molecule has 3 atom stereocenters. The molecule has 1 amide bonds. The number of furan rings is 1. The summed E-state index contributed by atoms with van der Waals surface area (Å²) in [4.78, 5) is 15.3. The Bertz CT molecular complexity index is 992. The molecule has 3 aliphatic rings. The smallest absolute Gasteiger partial charge is 0.244 e. The summed E-state index contributed by atoms with van der Waals surface area (Å²) >= 11 is 0. The first-order valence-corrected chi connectivity index (χ1v) is 12.1. The van der Waals surface area contributed by atoms with E-state index in [9.17, 15) is 9.90 Å². The van der Waals surface area contributed by atoms with Crippen LogP contribution in [0.4, 0.5) is 0 Å². The predicted molar refractivity (Wildman–Crippen MR) is 125 cm³/mol. The van der Waals surface area contributed by atoms with Crippen molar-refractivity contribution in [1.29, 1.82) is 0 Å². The van der Waals surface area contributed by atoms with E-state index in [0.29, 0.717) is 11.7 Å². The number of piperidine rings is 1. The van der Waals surface area contributed by atoms with Crippen LogP contribution in [0.5, 0.6) is 5.75 Å². The monoisotopic (exact) mass is 434 g/mol. The van der Waals surface area contributed by atoms with Gasteiger partial charge in [0.25, 0.3) is 0 Å². The van der Waals surface area contributed by atoms with E-state index >= 15 is 0 Å². The van der Waals surface area contributed by atoms with Crippen molar-refractivity contribution >= 4 is 12.0 Å². The van der Waals surface area contributed by atoms with Crippen LogP contribution in [0.25, 0.3) is 6.08 Å². The quantitative estimate of drug-likeness (QED) is 0.650. The minimum absolute atomic E-state index is 0.0137. The van der Waals surface area contributed by atoms with E-state index in [1.54, 1.807) is 18.4 Å². The number of fused-ring (bicyclic) bond motifs is 1.